The summed E-state index contributed by atoms with van der Waals surface area (Å²) >= 11 is 0. The zero-order valence-electron chi connectivity index (χ0n) is 16.7. The number of carboxylic acids is 2. The molecule has 0 aliphatic carbocycles. The van der Waals surface area contributed by atoms with E-state index < -0.39 is 11.9 Å². The zero-order valence-corrected chi connectivity index (χ0v) is 16.7. The van der Waals surface area contributed by atoms with E-state index in [2.05, 4.69) is 27.7 Å². The molecule has 4 heteroatoms. The van der Waals surface area contributed by atoms with Crippen LogP contribution in [0.15, 0.2) is 12.1 Å². The van der Waals surface area contributed by atoms with E-state index in [0.29, 0.717) is 24.7 Å². The molecule has 0 saturated heterocycles. The van der Waals surface area contributed by atoms with Crippen LogP contribution in [0.2, 0.25) is 0 Å². The summed E-state index contributed by atoms with van der Waals surface area (Å²) in [5.41, 5.74) is 2.00. The van der Waals surface area contributed by atoms with Crippen LogP contribution in [0.4, 0.5) is 0 Å². The number of carboxylic acid groups (broad SMARTS) is 2. The van der Waals surface area contributed by atoms with E-state index in [9.17, 15) is 19.8 Å². The second kappa shape index (κ2) is 11.0. The summed E-state index contributed by atoms with van der Waals surface area (Å²) in [6.45, 7) is 8.56. The van der Waals surface area contributed by atoms with E-state index in [1.165, 1.54) is 12.1 Å². The maximum absolute atomic E-state index is 11.8. The van der Waals surface area contributed by atoms with Crippen molar-refractivity contribution < 1.29 is 19.8 Å². The van der Waals surface area contributed by atoms with Gasteiger partial charge in [0.2, 0.25) is 0 Å². The molecule has 0 saturated carbocycles. The van der Waals surface area contributed by atoms with Crippen LogP contribution in [0.1, 0.15) is 98.1 Å². The molecule has 0 heterocycles. The van der Waals surface area contributed by atoms with Gasteiger partial charge < -0.3 is 10.2 Å². The summed E-state index contributed by atoms with van der Waals surface area (Å²) in [5.74, 6) is -1.000. The molecular formula is C22H34O4. The van der Waals surface area contributed by atoms with Gasteiger partial charge in [0.1, 0.15) is 0 Å². The molecule has 1 aromatic rings. The highest BCUT2D eigenvalue weighted by molar-refractivity contribution is 5.95. The third-order valence-corrected chi connectivity index (χ3v) is 5.14. The Morgan fingerprint density at radius 2 is 1.50 bits per heavy atom. The van der Waals surface area contributed by atoms with Crippen molar-refractivity contribution in [3.8, 4) is 0 Å². The number of benzene rings is 1. The van der Waals surface area contributed by atoms with Crippen LogP contribution >= 0.6 is 0 Å². The summed E-state index contributed by atoms with van der Waals surface area (Å²) in [6.07, 6.45) is 7.40. The van der Waals surface area contributed by atoms with E-state index in [4.69, 9.17) is 0 Å². The fourth-order valence-corrected chi connectivity index (χ4v) is 3.53. The number of aromatic carboxylic acids is 2. The molecule has 146 valence electrons. The van der Waals surface area contributed by atoms with Gasteiger partial charge in [-0.3, -0.25) is 0 Å². The standard InChI is InChI=1S/C22H34O4/c1-5-7-10-16(6-2)14-20-17(11-8-9-15(3)4)18(21(23)24)12-13-19(20)22(25)26/h12-13,15-16H,5-11,14H2,1-4H3,(H,23,24)(H,25,26). The Kier molecular flexibility index (Phi) is 9.39. The van der Waals surface area contributed by atoms with Crippen molar-refractivity contribution in [1.82, 2.24) is 0 Å². The van der Waals surface area contributed by atoms with Crippen molar-refractivity contribution in [2.75, 3.05) is 0 Å². The molecule has 0 amide bonds. The zero-order chi connectivity index (χ0) is 19.7. The van der Waals surface area contributed by atoms with Crippen LogP contribution in [0.3, 0.4) is 0 Å². The Morgan fingerprint density at radius 3 is 1.96 bits per heavy atom. The molecular weight excluding hydrogens is 328 g/mol. The van der Waals surface area contributed by atoms with E-state index in [-0.39, 0.29) is 11.1 Å². The van der Waals surface area contributed by atoms with Crippen molar-refractivity contribution in [3.63, 3.8) is 0 Å². The minimum Gasteiger partial charge on any atom is -0.478 e. The molecule has 4 nitrogen and oxygen atoms in total. The van der Waals surface area contributed by atoms with Crippen molar-refractivity contribution in [2.45, 2.75) is 79.1 Å². The number of carbonyl (C=O) groups is 2. The highest BCUT2D eigenvalue weighted by atomic mass is 16.4. The van der Waals surface area contributed by atoms with Gasteiger partial charge in [-0.05, 0) is 54.4 Å². The molecule has 1 unspecified atom stereocenters. The monoisotopic (exact) mass is 362 g/mol. The number of hydrogen-bond acceptors (Lipinski definition) is 2. The molecule has 0 aromatic heterocycles. The highest BCUT2D eigenvalue weighted by Gasteiger charge is 2.22. The van der Waals surface area contributed by atoms with E-state index in [1.807, 2.05) is 0 Å². The molecule has 0 aliphatic rings. The van der Waals surface area contributed by atoms with Gasteiger partial charge in [-0.2, -0.15) is 0 Å². The summed E-state index contributed by atoms with van der Waals surface area (Å²) in [7, 11) is 0. The normalized spacial score (nSPS) is 12.3. The summed E-state index contributed by atoms with van der Waals surface area (Å²) < 4.78 is 0. The van der Waals surface area contributed by atoms with Crippen LogP contribution in [-0.2, 0) is 12.8 Å². The number of unbranched alkanes of at least 4 members (excludes halogenated alkanes) is 1. The Bertz CT molecular complexity index is 604. The fraction of sp³-hybridized carbons (Fsp3) is 0.636. The van der Waals surface area contributed by atoms with Crippen molar-refractivity contribution in [1.29, 1.82) is 0 Å². The third-order valence-electron chi connectivity index (χ3n) is 5.14. The minimum atomic E-state index is -0.968. The van der Waals surface area contributed by atoms with Crippen LogP contribution < -0.4 is 0 Å². The smallest absolute Gasteiger partial charge is 0.335 e. The van der Waals surface area contributed by atoms with Gasteiger partial charge in [-0.25, -0.2) is 9.59 Å². The molecule has 0 spiro atoms. The molecule has 1 atom stereocenters. The predicted molar refractivity (Wildman–Crippen MR) is 105 cm³/mol. The largest absolute Gasteiger partial charge is 0.478 e. The van der Waals surface area contributed by atoms with Gasteiger partial charge in [0, 0.05) is 0 Å². The second-order valence-corrected chi connectivity index (χ2v) is 7.63. The summed E-state index contributed by atoms with van der Waals surface area (Å²) in [5, 5.41) is 19.3. The molecule has 0 aliphatic heterocycles. The van der Waals surface area contributed by atoms with Crippen molar-refractivity contribution in [2.24, 2.45) is 11.8 Å². The maximum atomic E-state index is 11.8. The Morgan fingerprint density at radius 1 is 0.923 bits per heavy atom. The van der Waals surface area contributed by atoms with Gasteiger partial charge in [0.15, 0.2) is 0 Å². The molecule has 1 rings (SSSR count). The molecule has 1 aromatic carbocycles. The topological polar surface area (TPSA) is 74.6 Å². The van der Waals surface area contributed by atoms with Crippen LogP contribution in [0.25, 0.3) is 0 Å². The lowest BCUT2D eigenvalue weighted by atomic mass is 9.84. The maximum Gasteiger partial charge on any atom is 0.335 e. The summed E-state index contributed by atoms with van der Waals surface area (Å²) in [4.78, 5) is 23.5. The first kappa shape index (κ1) is 22.2. The third kappa shape index (κ3) is 6.47. The van der Waals surface area contributed by atoms with E-state index in [1.54, 1.807) is 0 Å². The van der Waals surface area contributed by atoms with Crippen molar-refractivity contribution >= 4 is 11.9 Å². The highest BCUT2D eigenvalue weighted by Crippen LogP contribution is 2.28. The molecule has 2 N–H and O–H groups in total. The molecule has 0 radical (unpaired) electrons. The first-order valence-electron chi connectivity index (χ1n) is 9.93. The second-order valence-electron chi connectivity index (χ2n) is 7.63. The Balaban J connectivity index is 3.31. The van der Waals surface area contributed by atoms with E-state index >= 15 is 0 Å². The van der Waals surface area contributed by atoms with Gasteiger partial charge in [0.05, 0.1) is 11.1 Å². The first-order valence-corrected chi connectivity index (χ1v) is 9.93. The Hall–Kier alpha value is -1.84. The Labute approximate surface area is 157 Å². The average molecular weight is 363 g/mol. The van der Waals surface area contributed by atoms with Crippen LogP contribution in [0, 0.1) is 11.8 Å². The first-order chi connectivity index (χ1) is 12.3. The summed E-state index contributed by atoms with van der Waals surface area (Å²) in [6, 6.07) is 2.94. The SMILES string of the molecule is CCCCC(CC)Cc1c(C(=O)O)ccc(C(=O)O)c1CCCC(C)C. The lowest BCUT2D eigenvalue weighted by molar-refractivity contribution is 0.0678. The van der Waals surface area contributed by atoms with Crippen LogP contribution in [0.5, 0.6) is 0 Å². The van der Waals surface area contributed by atoms with Crippen molar-refractivity contribution in [3.05, 3.63) is 34.4 Å². The lowest BCUT2D eigenvalue weighted by Gasteiger charge is -2.21. The molecule has 0 bridgehead atoms. The average Bonchev–Trinajstić information content (AvgIpc) is 2.58. The molecule has 26 heavy (non-hydrogen) atoms. The number of rotatable bonds is 12. The molecule has 0 fully saturated rings. The minimum absolute atomic E-state index is 0.263. The predicted octanol–water partition coefficient (Wildman–Crippen LogP) is 5.82. The van der Waals surface area contributed by atoms with Gasteiger partial charge >= 0.3 is 11.9 Å². The van der Waals surface area contributed by atoms with Gasteiger partial charge in [-0.15, -0.1) is 0 Å². The van der Waals surface area contributed by atoms with E-state index in [0.717, 1.165) is 49.7 Å². The van der Waals surface area contributed by atoms with Gasteiger partial charge in [0.25, 0.3) is 0 Å². The quantitative estimate of drug-likeness (QED) is 0.491. The fourth-order valence-electron chi connectivity index (χ4n) is 3.53. The lowest BCUT2D eigenvalue weighted by Crippen LogP contribution is -2.15. The number of hydrogen-bond donors (Lipinski definition) is 2. The van der Waals surface area contributed by atoms with Crippen LogP contribution in [-0.4, -0.2) is 22.2 Å². The van der Waals surface area contributed by atoms with Gasteiger partial charge in [-0.1, -0.05) is 59.8 Å².